The molecule has 0 radical (unpaired) electrons. The predicted octanol–water partition coefficient (Wildman–Crippen LogP) is 1.83. The molecule has 1 aromatic carbocycles. The van der Waals surface area contributed by atoms with Crippen LogP contribution in [-0.2, 0) is 4.79 Å². The fraction of sp³-hybridized carbons (Fsp3) is 0.286. The van der Waals surface area contributed by atoms with Crippen molar-refractivity contribution in [2.45, 2.75) is 19.9 Å². The highest BCUT2D eigenvalue weighted by Gasteiger charge is 2.15. The number of likely N-dealkylation sites (N-methyl/N-ethyl adjacent to an activating group) is 1. The average Bonchev–Trinajstić information content (AvgIpc) is 2.87. The molecule has 0 aliphatic heterocycles. The molecule has 0 bridgehead atoms. The van der Waals surface area contributed by atoms with Crippen molar-refractivity contribution >= 4 is 11.6 Å². The summed E-state index contributed by atoms with van der Waals surface area (Å²) in [6.07, 6.45) is 3.60. The molecule has 0 fully saturated rings. The molecule has 0 spiro atoms. The first-order valence-electron chi connectivity index (χ1n) is 6.29. The van der Waals surface area contributed by atoms with E-state index < -0.39 is 0 Å². The lowest BCUT2D eigenvalue weighted by atomic mass is 10.1. The SMILES string of the molecule is CCNC(=O)C(C)n1cc(-c2cccc(N)c2)cn1. The second-order valence-corrected chi connectivity index (χ2v) is 4.41. The Kier molecular flexibility index (Phi) is 3.85. The Morgan fingerprint density at radius 2 is 2.26 bits per heavy atom. The monoisotopic (exact) mass is 258 g/mol. The van der Waals surface area contributed by atoms with Gasteiger partial charge in [-0.25, -0.2) is 0 Å². The number of nitrogen functional groups attached to an aromatic ring is 1. The molecular weight excluding hydrogens is 240 g/mol. The summed E-state index contributed by atoms with van der Waals surface area (Å²) in [5, 5.41) is 7.02. The topological polar surface area (TPSA) is 72.9 Å². The fourth-order valence-corrected chi connectivity index (χ4v) is 1.86. The van der Waals surface area contributed by atoms with Crippen molar-refractivity contribution in [2.75, 3.05) is 12.3 Å². The predicted molar refractivity (Wildman–Crippen MR) is 75.5 cm³/mol. The maximum absolute atomic E-state index is 11.8. The highest BCUT2D eigenvalue weighted by molar-refractivity contribution is 5.80. The van der Waals surface area contributed by atoms with E-state index in [4.69, 9.17) is 5.73 Å². The Hall–Kier alpha value is -2.30. The maximum atomic E-state index is 11.8. The van der Waals surface area contributed by atoms with Crippen LogP contribution in [0.5, 0.6) is 0 Å². The largest absolute Gasteiger partial charge is 0.399 e. The van der Waals surface area contributed by atoms with Gasteiger partial charge in [-0.3, -0.25) is 9.48 Å². The summed E-state index contributed by atoms with van der Waals surface area (Å²) < 4.78 is 1.66. The van der Waals surface area contributed by atoms with E-state index in [0.717, 1.165) is 11.1 Å². The van der Waals surface area contributed by atoms with Gasteiger partial charge in [0.05, 0.1) is 6.20 Å². The van der Waals surface area contributed by atoms with Crippen LogP contribution in [-0.4, -0.2) is 22.2 Å². The molecule has 3 N–H and O–H groups in total. The van der Waals surface area contributed by atoms with Crippen LogP contribution in [0.2, 0.25) is 0 Å². The third-order valence-corrected chi connectivity index (χ3v) is 2.95. The summed E-state index contributed by atoms with van der Waals surface area (Å²) in [4.78, 5) is 11.8. The number of anilines is 1. The lowest BCUT2D eigenvalue weighted by molar-refractivity contribution is -0.124. The third-order valence-electron chi connectivity index (χ3n) is 2.95. The van der Waals surface area contributed by atoms with Crippen LogP contribution in [0.4, 0.5) is 5.69 Å². The molecule has 0 saturated heterocycles. The van der Waals surface area contributed by atoms with Crippen LogP contribution in [0, 0.1) is 0 Å². The van der Waals surface area contributed by atoms with E-state index in [2.05, 4.69) is 10.4 Å². The number of hydrogen-bond donors (Lipinski definition) is 2. The van der Waals surface area contributed by atoms with Gasteiger partial charge in [0.1, 0.15) is 6.04 Å². The van der Waals surface area contributed by atoms with Crippen molar-refractivity contribution < 1.29 is 4.79 Å². The standard InChI is InChI=1S/C14H18N4O/c1-3-16-14(19)10(2)18-9-12(8-17-18)11-5-4-6-13(15)7-11/h4-10H,3,15H2,1-2H3,(H,16,19). The molecule has 1 heterocycles. The number of rotatable bonds is 4. The van der Waals surface area contributed by atoms with E-state index in [1.165, 1.54) is 0 Å². The smallest absolute Gasteiger partial charge is 0.244 e. The Labute approximate surface area is 112 Å². The van der Waals surface area contributed by atoms with Crippen molar-refractivity contribution in [3.05, 3.63) is 36.7 Å². The Balaban J connectivity index is 2.21. The van der Waals surface area contributed by atoms with Gasteiger partial charge in [-0.05, 0) is 31.5 Å². The minimum atomic E-state index is -0.324. The summed E-state index contributed by atoms with van der Waals surface area (Å²) in [5.74, 6) is -0.0373. The minimum Gasteiger partial charge on any atom is -0.399 e. The first-order chi connectivity index (χ1) is 9.11. The lowest BCUT2D eigenvalue weighted by Crippen LogP contribution is -2.30. The van der Waals surface area contributed by atoms with Crippen LogP contribution < -0.4 is 11.1 Å². The minimum absolute atomic E-state index is 0.0373. The van der Waals surface area contributed by atoms with Gasteiger partial charge in [0.25, 0.3) is 0 Å². The third kappa shape index (κ3) is 2.93. The number of nitrogens with two attached hydrogens (primary N) is 1. The number of aromatic nitrogens is 2. The Bertz CT molecular complexity index is 576. The van der Waals surface area contributed by atoms with Crippen LogP contribution in [0.15, 0.2) is 36.7 Å². The molecule has 0 aliphatic rings. The van der Waals surface area contributed by atoms with E-state index in [1.807, 2.05) is 44.3 Å². The van der Waals surface area contributed by atoms with Crippen molar-refractivity contribution in [1.82, 2.24) is 15.1 Å². The molecule has 2 rings (SSSR count). The molecule has 1 amide bonds. The Morgan fingerprint density at radius 3 is 2.95 bits per heavy atom. The number of nitrogens with zero attached hydrogens (tertiary/aromatic N) is 2. The number of benzene rings is 1. The van der Waals surface area contributed by atoms with Gasteiger partial charge in [-0.1, -0.05) is 12.1 Å². The zero-order valence-electron chi connectivity index (χ0n) is 11.1. The number of nitrogens with one attached hydrogen (secondary N) is 1. The Morgan fingerprint density at radius 1 is 1.47 bits per heavy atom. The lowest BCUT2D eigenvalue weighted by Gasteiger charge is -2.11. The molecule has 2 aromatic rings. The number of hydrogen-bond acceptors (Lipinski definition) is 3. The van der Waals surface area contributed by atoms with Gasteiger partial charge < -0.3 is 11.1 Å². The molecule has 0 saturated carbocycles. The quantitative estimate of drug-likeness (QED) is 0.822. The first-order valence-corrected chi connectivity index (χ1v) is 6.29. The molecule has 100 valence electrons. The summed E-state index contributed by atoms with van der Waals surface area (Å²) >= 11 is 0. The molecule has 5 heteroatoms. The second-order valence-electron chi connectivity index (χ2n) is 4.41. The van der Waals surface area contributed by atoms with Crippen LogP contribution in [0.3, 0.4) is 0 Å². The van der Waals surface area contributed by atoms with Gasteiger partial charge in [-0.15, -0.1) is 0 Å². The fourth-order valence-electron chi connectivity index (χ4n) is 1.86. The zero-order valence-corrected chi connectivity index (χ0v) is 11.1. The highest BCUT2D eigenvalue weighted by atomic mass is 16.2. The molecule has 1 atom stereocenters. The highest BCUT2D eigenvalue weighted by Crippen LogP contribution is 2.21. The number of carbonyl (C=O) groups excluding carboxylic acids is 1. The summed E-state index contributed by atoms with van der Waals surface area (Å²) in [7, 11) is 0. The summed E-state index contributed by atoms with van der Waals surface area (Å²) in [5.41, 5.74) is 8.41. The van der Waals surface area contributed by atoms with E-state index in [-0.39, 0.29) is 11.9 Å². The second kappa shape index (κ2) is 5.56. The molecule has 19 heavy (non-hydrogen) atoms. The maximum Gasteiger partial charge on any atom is 0.244 e. The van der Waals surface area contributed by atoms with Gasteiger partial charge in [0, 0.05) is 24.0 Å². The molecule has 1 unspecified atom stereocenters. The van der Waals surface area contributed by atoms with Crippen molar-refractivity contribution in [1.29, 1.82) is 0 Å². The van der Waals surface area contributed by atoms with Gasteiger partial charge in [-0.2, -0.15) is 5.10 Å². The normalized spacial score (nSPS) is 12.1. The van der Waals surface area contributed by atoms with Crippen LogP contribution in [0.1, 0.15) is 19.9 Å². The van der Waals surface area contributed by atoms with Crippen LogP contribution in [0.25, 0.3) is 11.1 Å². The number of carbonyl (C=O) groups is 1. The molecule has 1 aromatic heterocycles. The molecular formula is C14H18N4O. The van der Waals surface area contributed by atoms with E-state index in [1.54, 1.807) is 10.9 Å². The zero-order chi connectivity index (χ0) is 13.8. The van der Waals surface area contributed by atoms with Crippen molar-refractivity contribution in [2.24, 2.45) is 0 Å². The number of amides is 1. The van der Waals surface area contributed by atoms with Gasteiger partial charge in [0.2, 0.25) is 5.91 Å². The van der Waals surface area contributed by atoms with Crippen molar-refractivity contribution in [3.8, 4) is 11.1 Å². The summed E-state index contributed by atoms with van der Waals surface area (Å²) in [6, 6.07) is 7.27. The van der Waals surface area contributed by atoms with Gasteiger partial charge >= 0.3 is 0 Å². The average molecular weight is 258 g/mol. The van der Waals surface area contributed by atoms with E-state index >= 15 is 0 Å². The molecule has 5 nitrogen and oxygen atoms in total. The molecule has 0 aliphatic carbocycles. The van der Waals surface area contributed by atoms with E-state index in [9.17, 15) is 4.79 Å². The summed E-state index contributed by atoms with van der Waals surface area (Å²) in [6.45, 7) is 4.33. The van der Waals surface area contributed by atoms with E-state index in [0.29, 0.717) is 12.2 Å². The first kappa shape index (κ1) is 13.1. The van der Waals surface area contributed by atoms with Crippen molar-refractivity contribution in [3.63, 3.8) is 0 Å². The van der Waals surface area contributed by atoms with Gasteiger partial charge in [0.15, 0.2) is 0 Å². The van der Waals surface area contributed by atoms with Crippen LogP contribution >= 0.6 is 0 Å².